The highest BCUT2D eigenvalue weighted by Gasteiger charge is 2.46. The molecular formula is C15H30N4O. The van der Waals surface area contributed by atoms with Gasteiger partial charge >= 0.3 is 0 Å². The Morgan fingerprint density at radius 2 is 1.95 bits per heavy atom. The summed E-state index contributed by atoms with van der Waals surface area (Å²) in [6.07, 6.45) is 6.62. The van der Waals surface area contributed by atoms with E-state index in [0.717, 1.165) is 25.8 Å². The van der Waals surface area contributed by atoms with Crippen LogP contribution in [0.3, 0.4) is 0 Å². The maximum absolute atomic E-state index is 11.7. The molecule has 0 bridgehead atoms. The van der Waals surface area contributed by atoms with Crippen molar-refractivity contribution in [2.75, 3.05) is 34.7 Å². The first-order valence-corrected chi connectivity index (χ1v) is 7.72. The minimum Gasteiger partial charge on any atom is -0.368 e. The van der Waals surface area contributed by atoms with E-state index < -0.39 is 5.54 Å². The minimum atomic E-state index is -0.496. The summed E-state index contributed by atoms with van der Waals surface area (Å²) in [7, 11) is 8.41. The van der Waals surface area contributed by atoms with Crippen molar-refractivity contribution in [3.05, 3.63) is 0 Å². The molecule has 1 amide bonds. The van der Waals surface area contributed by atoms with Crippen LogP contribution in [0.15, 0.2) is 0 Å². The van der Waals surface area contributed by atoms with Gasteiger partial charge in [-0.1, -0.05) is 0 Å². The SMILES string of the molecule is CNC1(C(N)=O)CCC(N(C)CC2(N(C)C)CCC2)C1. The van der Waals surface area contributed by atoms with Gasteiger partial charge < -0.3 is 20.9 Å². The number of nitrogens with zero attached hydrogens (tertiary/aromatic N) is 2. The molecule has 5 nitrogen and oxygen atoms in total. The normalized spacial score (nSPS) is 32.6. The molecule has 2 saturated carbocycles. The molecule has 20 heavy (non-hydrogen) atoms. The molecule has 0 radical (unpaired) electrons. The summed E-state index contributed by atoms with van der Waals surface area (Å²) >= 11 is 0. The van der Waals surface area contributed by atoms with Gasteiger partial charge in [-0.2, -0.15) is 0 Å². The van der Waals surface area contributed by atoms with E-state index >= 15 is 0 Å². The van der Waals surface area contributed by atoms with Crippen LogP contribution in [0.25, 0.3) is 0 Å². The number of hydrogen-bond donors (Lipinski definition) is 2. The van der Waals surface area contributed by atoms with Crippen molar-refractivity contribution in [2.24, 2.45) is 5.73 Å². The summed E-state index contributed by atoms with van der Waals surface area (Å²) in [6.45, 7) is 1.09. The molecule has 2 aliphatic rings. The lowest BCUT2D eigenvalue weighted by Crippen LogP contribution is -2.58. The van der Waals surface area contributed by atoms with Gasteiger partial charge in [-0.25, -0.2) is 0 Å². The number of nitrogens with two attached hydrogens (primary N) is 1. The average molecular weight is 282 g/mol. The van der Waals surface area contributed by atoms with Gasteiger partial charge in [0, 0.05) is 18.1 Å². The zero-order valence-corrected chi connectivity index (χ0v) is 13.4. The van der Waals surface area contributed by atoms with Crippen LogP contribution in [-0.2, 0) is 4.79 Å². The number of nitrogens with one attached hydrogen (secondary N) is 1. The number of carbonyl (C=O) groups is 1. The van der Waals surface area contributed by atoms with E-state index in [4.69, 9.17) is 5.73 Å². The summed E-state index contributed by atoms with van der Waals surface area (Å²) in [4.78, 5) is 16.5. The predicted octanol–water partition coefficient (Wildman–Crippen LogP) is 0.399. The first-order chi connectivity index (χ1) is 9.35. The fraction of sp³-hybridized carbons (Fsp3) is 0.933. The second-order valence-corrected chi connectivity index (χ2v) is 6.98. The maximum Gasteiger partial charge on any atom is 0.237 e. The van der Waals surface area contributed by atoms with Crippen molar-refractivity contribution < 1.29 is 4.79 Å². The van der Waals surface area contributed by atoms with Crippen molar-refractivity contribution in [2.45, 2.75) is 55.6 Å². The van der Waals surface area contributed by atoms with E-state index in [2.05, 4.69) is 36.3 Å². The summed E-state index contributed by atoms with van der Waals surface area (Å²) in [6, 6.07) is 0.451. The first-order valence-electron chi connectivity index (χ1n) is 7.72. The fourth-order valence-electron chi connectivity index (χ4n) is 3.89. The highest BCUT2D eigenvalue weighted by Crippen LogP contribution is 2.39. The van der Waals surface area contributed by atoms with Crippen molar-refractivity contribution in [3.63, 3.8) is 0 Å². The first kappa shape index (κ1) is 15.7. The molecule has 3 N–H and O–H groups in total. The van der Waals surface area contributed by atoms with Gasteiger partial charge in [-0.05, 0) is 66.7 Å². The van der Waals surface area contributed by atoms with Crippen LogP contribution in [0.2, 0.25) is 0 Å². The van der Waals surface area contributed by atoms with Crippen molar-refractivity contribution in [1.82, 2.24) is 15.1 Å². The van der Waals surface area contributed by atoms with Crippen LogP contribution in [0.5, 0.6) is 0 Å². The highest BCUT2D eigenvalue weighted by molar-refractivity contribution is 5.85. The lowest BCUT2D eigenvalue weighted by molar-refractivity contribution is -0.124. The topological polar surface area (TPSA) is 61.6 Å². The number of amides is 1. The van der Waals surface area contributed by atoms with Gasteiger partial charge in [0.25, 0.3) is 0 Å². The summed E-state index contributed by atoms with van der Waals surface area (Å²) in [5, 5.41) is 3.16. The number of rotatable bonds is 6. The Bertz CT molecular complexity index is 367. The average Bonchev–Trinajstić information content (AvgIpc) is 2.78. The summed E-state index contributed by atoms with van der Waals surface area (Å²) in [5.74, 6) is -0.207. The Kier molecular flexibility index (Phi) is 4.42. The zero-order valence-electron chi connectivity index (χ0n) is 13.4. The van der Waals surface area contributed by atoms with Gasteiger partial charge in [0.1, 0.15) is 0 Å². The van der Waals surface area contributed by atoms with Crippen LogP contribution in [-0.4, -0.2) is 67.6 Å². The van der Waals surface area contributed by atoms with E-state index in [-0.39, 0.29) is 5.91 Å². The lowest BCUT2D eigenvalue weighted by Gasteiger charge is -2.50. The van der Waals surface area contributed by atoms with Crippen LogP contribution >= 0.6 is 0 Å². The molecule has 2 unspecified atom stereocenters. The van der Waals surface area contributed by atoms with Gasteiger partial charge in [0.2, 0.25) is 5.91 Å². The predicted molar refractivity (Wildman–Crippen MR) is 81.5 cm³/mol. The molecule has 0 aromatic carbocycles. The third kappa shape index (κ3) is 2.59. The molecule has 0 aliphatic heterocycles. The highest BCUT2D eigenvalue weighted by atomic mass is 16.1. The Morgan fingerprint density at radius 3 is 2.30 bits per heavy atom. The standard InChI is InChI=1S/C15H30N4O/c1-17-15(13(16)20)9-6-12(10-15)19(4)11-14(18(2)3)7-5-8-14/h12,17H,5-11H2,1-4H3,(H2,16,20). The molecule has 2 rings (SSSR count). The quantitative estimate of drug-likeness (QED) is 0.740. The summed E-state index contributed by atoms with van der Waals surface area (Å²) in [5.41, 5.74) is 5.43. The van der Waals surface area contributed by atoms with Crippen molar-refractivity contribution in [1.29, 1.82) is 0 Å². The molecule has 2 atom stereocenters. The van der Waals surface area contributed by atoms with Crippen molar-refractivity contribution >= 4 is 5.91 Å². The van der Waals surface area contributed by atoms with Gasteiger partial charge in [0.15, 0.2) is 0 Å². The van der Waals surface area contributed by atoms with Gasteiger partial charge in [-0.3, -0.25) is 4.79 Å². The number of carbonyl (C=O) groups excluding carboxylic acids is 1. The number of hydrogen-bond acceptors (Lipinski definition) is 4. The monoisotopic (exact) mass is 282 g/mol. The van der Waals surface area contributed by atoms with Crippen LogP contribution < -0.4 is 11.1 Å². The van der Waals surface area contributed by atoms with E-state index in [9.17, 15) is 4.79 Å². The number of primary amides is 1. The lowest BCUT2D eigenvalue weighted by atomic mass is 9.75. The van der Waals surface area contributed by atoms with Crippen LogP contribution in [0.4, 0.5) is 0 Å². The Hall–Kier alpha value is -0.650. The van der Waals surface area contributed by atoms with E-state index in [1.54, 1.807) is 0 Å². The van der Waals surface area contributed by atoms with Crippen LogP contribution in [0.1, 0.15) is 38.5 Å². The molecule has 0 aromatic heterocycles. The van der Waals surface area contributed by atoms with Crippen molar-refractivity contribution in [3.8, 4) is 0 Å². The Labute approximate surface area is 122 Å². The molecular weight excluding hydrogens is 252 g/mol. The zero-order chi connectivity index (χ0) is 15.0. The minimum absolute atomic E-state index is 0.207. The van der Waals surface area contributed by atoms with Gasteiger partial charge in [0.05, 0.1) is 5.54 Å². The molecule has 0 spiro atoms. The largest absolute Gasteiger partial charge is 0.368 e. The Morgan fingerprint density at radius 1 is 1.30 bits per heavy atom. The number of likely N-dealkylation sites (N-methyl/N-ethyl adjacent to an activating group) is 3. The molecule has 0 aromatic rings. The van der Waals surface area contributed by atoms with Crippen LogP contribution in [0, 0.1) is 0 Å². The Balaban J connectivity index is 1.98. The van der Waals surface area contributed by atoms with E-state index in [0.29, 0.717) is 11.6 Å². The molecule has 0 heterocycles. The molecule has 2 aliphatic carbocycles. The molecule has 0 saturated heterocycles. The second kappa shape index (κ2) is 5.62. The maximum atomic E-state index is 11.7. The summed E-state index contributed by atoms with van der Waals surface area (Å²) < 4.78 is 0. The second-order valence-electron chi connectivity index (χ2n) is 6.98. The van der Waals surface area contributed by atoms with E-state index in [1.807, 2.05) is 7.05 Å². The fourth-order valence-corrected chi connectivity index (χ4v) is 3.89. The smallest absolute Gasteiger partial charge is 0.237 e. The third-order valence-electron chi connectivity index (χ3n) is 5.84. The van der Waals surface area contributed by atoms with E-state index in [1.165, 1.54) is 19.3 Å². The molecule has 116 valence electrons. The van der Waals surface area contributed by atoms with Gasteiger partial charge in [-0.15, -0.1) is 0 Å². The third-order valence-corrected chi connectivity index (χ3v) is 5.84. The molecule has 5 heteroatoms. The molecule has 2 fully saturated rings.